The second-order valence-corrected chi connectivity index (χ2v) is 4.65. The lowest BCUT2D eigenvalue weighted by Gasteiger charge is -2.11. The van der Waals surface area contributed by atoms with Crippen molar-refractivity contribution in [3.05, 3.63) is 41.3 Å². The van der Waals surface area contributed by atoms with Crippen molar-refractivity contribution in [2.24, 2.45) is 0 Å². The zero-order valence-corrected chi connectivity index (χ0v) is 12.4. The Hall–Kier alpha value is -1.95. The maximum atomic E-state index is 13.9. The van der Waals surface area contributed by atoms with E-state index >= 15 is 0 Å². The van der Waals surface area contributed by atoms with E-state index in [4.69, 9.17) is 9.26 Å². The predicted octanol–water partition coefficient (Wildman–Crippen LogP) is 2.85. The highest BCUT2D eigenvalue weighted by Crippen LogP contribution is 2.23. The summed E-state index contributed by atoms with van der Waals surface area (Å²) in [5, 5.41) is 6.99. The van der Waals surface area contributed by atoms with Crippen LogP contribution in [0.3, 0.4) is 0 Å². The molecule has 6 heteroatoms. The van der Waals surface area contributed by atoms with Gasteiger partial charge in [-0.1, -0.05) is 31.1 Å². The van der Waals surface area contributed by atoms with Gasteiger partial charge in [0, 0.05) is 18.5 Å². The Morgan fingerprint density at radius 3 is 2.95 bits per heavy atom. The standard InChI is InChI=1S/C15H20FN3O2/c1-3-6-13-18-14(21-19-13)10-20-15-11(9-17-4-2)7-5-8-12(15)16/h5,7-8,17H,3-4,6,9-10H2,1-2H3. The van der Waals surface area contributed by atoms with Gasteiger partial charge in [0.05, 0.1) is 0 Å². The molecule has 0 atom stereocenters. The summed E-state index contributed by atoms with van der Waals surface area (Å²) in [6, 6.07) is 4.87. The first kappa shape index (κ1) is 15.4. The Kier molecular flexibility index (Phi) is 5.68. The molecular weight excluding hydrogens is 273 g/mol. The molecule has 0 radical (unpaired) electrons. The minimum absolute atomic E-state index is 0.0662. The second kappa shape index (κ2) is 7.73. The van der Waals surface area contributed by atoms with Crippen molar-refractivity contribution in [1.82, 2.24) is 15.5 Å². The van der Waals surface area contributed by atoms with Gasteiger partial charge in [0.1, 0.15) is 0 Å². The van der Waals surface area contributed by atoms with Crippen molar-refractivity contribution in [3.63, 3.8) is 0 Å². The Balaban J connectivity index is 2.04. The topological polar surface area (TPSA) is 60.2 Å². The summed E-state index contributed by atoms with van der Waals surface area (Å²) < 4.78 is 24.5. The molecule has 0 unspecified atom stereocenters. The molecule has 0 saturated heterocycles. The molecule has 1 heterocycles. The molecule has 0 aliphatic carbocycles. The normalized spacial score (nSPS) is 10.8. The number of benzene rings is 1. The molecule has 2 rings (SSSR count). The van der Waals surface area contributed by atoms with Crippen molar-refractivity contribution in [2.75, 3.05) is 6.54 Å². The molecular formula is C15H20FN3O2. The molecule has 1 aromatic heterocycles. The van der Waals surface area contributed by atoms with Crippen LogP contribution in [0.4, 0.5) is 4.39 Å². The maximum absolute atomic E-state index is 13.9. The summed E-state index contributed by atoms with van der Waals surface area (Å²) >= 11 is 0. The van der Waals surface area contributed by atoms with Gasteiger partial charge in [-0.3, -0.25) is 0 Å². The number of halogens is 1. The van der Waals surface area contributed by atoms with Crippen LogP contribution < -0.4 is 10.1 Å². The summed E-state index contributed by atoms with van der Waals surface area (Å²) in [5.41, 5.74) is 0.769. The number of hydrogen-bond acceptors (Lipinski definition) is 5. The zero-order valence-electron chi connectivity index (χ0n) is 12.4. The summed E-state index contributed by atoms with van der Waals surface area (Å²) in [4.78, 5) is 4.20. The van der Waals surface area contributed by atoms with Crippen LogP contribution in [0, 0.1) is 5.82 Å². The Morgan fingerprint density at radius 1 is 1.33 bits per heavy atom. The zero-order chi connectivity index (χ0) is 15.1. The third-order valence-corrected chi connectivity index (χ3v) is 2.94. The Morgan fingerprint density at radius 2 is 2.19 bits per heavy atom. The van der Waals surface area contributed by atoms with Crippen molar-refractivity contribution in [1.29, 1.82) is 0 Å². The molecule has 0 fully saturated rings. The van der Waals surface area contributed by atoms with Crippen molar-refractivity contribution >= 4 is 0 Å². The molecule has 0 saturated carbocycles. The third kappa shape index (κ3) is 4.26. The van der Waals surface area contributed by atoms with Crippen LogP contribution in [-0.4, -0.2) is 16.7 Å². The van der Waals surface area contributed by atoms with E-state index in [9.17, 15) is 4.39 Å². The van der Waals surface area contributed by atoms with E-state index in [-0.39, 0.29) is 12.4 Å². The molecule has 2 aromatic rings. The SMILES string of the molecule is CCCc1noc(COc2c(F)cccc2CNCC)n1. The van der Waals surface area contributed by atoms with E-state index in [1.165, 1.54) is 6.07 Å². The highest BCUT2D eigenvalue weighted by atomic mass is 19.1. The first-order chi connectivity index (χ1) is 10.2. The molecule has 0 bridgehead atoms. The minimum atomic E-state index is -0.390. The smallest absolute Gasteiger partial charge is 0.264 e. The van der Waals surface area contributed by atoms with E-state index in [0.29, 0.717) is 18.3 Å². The van der Waals surface area contributed by atoms with Crippen LogP contribution in [0.5, 0.6) is 5.75 Å². The number of hydrogen-bond donors (Lipinski definition) is 1. The summed E-state index contributed by atoms with van der Waals surface area (Å²) in [7, 11) is 0. The second-order valence-electron chi connectivity index (χ2n) is 4.65. The monoisotopic (exact) mass is 293 g/mol. The van der Waals surface area contributed by atoms with Gasteiger partial charge in [-0.05, 0) is 19.0 Å². The van der Waals surface area contributed by atoms with Gasteiger partial charge in [-0.15, -0.1) is 0 Å². The lowest BCUT2D eigenvalue weighted by atomic mass is 10.2. The van der Waals surface area contributed by atoms with E-state index in [0.717, 1.165) is 24.9 Å². The van der Waals surface area contributed by atoms with Crippen molar-refractivity contribution in [2.45, 2.75) is 39.8 Å². The van der Waals surface area contributed by atoms with Crippen LogP contribution in [0.25, 0.3) is 0 Å². The van der Waals surface area contributed by atoms with E-state index in [2.05, 4.69) is 15.5 Å². The van der Waals surface area contributed by atoms with Gasteiger partial charge in [0.25, 0.3) is 5.89 Å². The molecule has 5 nitrogen and oxygen atoms in total. The maximum Gasteiger partial charge on any atom is 0.264 e. The van der Waals surface area contributed by atoms with Gasteiger partial charge in [-0.25, -0.2) is 4.39 Å². The average molecular weight is 293 g/mol. The minimum Gasteiger partial charge on any atom is -0.480 e. The first-order valence-corrected chi connectivity index (χ1v) is 7.17. The van der Waals surface area contributed by atoms with Crippen LogP contribution in [0.2, 0.25) is 0 Å². The molecule has 21 heavy (non-hydrogen) atoms. The highest BCUT2D eigenvalue weighted by Gasteiger charge is 2.12. The Bertz CT molecular complexity index is 572. The first-order valence-electron chi connectivity index (χ1n) is 7.17. The fraction of sp³-hybridized carbons (Fsp3) is 0.467. The number of aromatic nitrogens is 2. The molecule has 0 aliphatic heterocycles. The summed E-state index contributed by atoms with van der Waals surface area (Å²) in [5.74, 6) is 0.848. The number of rotatable bonds is 8. The van der Waals surface area contributed by atoms with E-state index in [1.54, 1.807) is 6.07 Å². The average Bonchev–Trinajstić information content (AvgIpc) is 2.92. The largest absolute Gasteiger partial charge is 0.480 e. The van der Waals surface area contributed by atoms with Crippen LogP contribution in [0.1, 0.15) is 37.5 Å². The lowest BCUT2D eigenvalue weighted by Crippen LogP contribution is -2.13. The number of nitrogens with zero attached hydrogens (tertiary/aromatic N) is 2. The fourth-order valence-corrected chi connectivity index (χ4v) is 1.92. The van der Waals surface area contributed by atoms with E-state index in [1.807, 2.05) is 19.9 Å². The molecule has 0 aliphatic rings. The molecule has 1 N–H and O–H groups in total. The molecule has 114 valence electrons. The van der Waals surface area contributed by atoms with Gasteiger partial charge < -0.3 is 14.6 Å². The van der Waals surface area contributed by atoms with Crippen LogP contribution >= 0.6 is 0 Å². The predicted molar refractivity (Wildman–Crippen MR) is 76.4 cm³/mol. The quantitative estimate of drug-likeness (QED) is 0.811. The lowest BCUT2D eigenvalue weighted by molar-refractivity contribution is 0.231. The number of nitrogens with one attached hydrogen (secondary N) is 1. The van der Waals surface area contributed by atoms with Gasteiger partial charge in [0.15, 0.2) is 24.0 Å². The molecule has 0 amide bonds. The highest BCUT2D eigenvalue weighted by molar-refractivity contribution is 5.34. The fourth-order valence-electron chi connectivity index (χ4n) is 1.92. The van der Waals surface area contributed by atoms with Gasteiger partial charge >= 0.3 is 0 Å². The van der Waals surface area contributed by atoms with Crippen LogP contribution in [0.15, 0.2) is 22.7 Å². The number of aryl methyl sites for hydroxylation is 1. The van der Waals surface area contributed by atoms with Gasteiger partial charge in [-0.2, -0.15) is 4.98 Å². The summed E-state index contributed by atoms with van der Waals surface area (Å²) in [6.07, 6.45) is 1.70. The third-order valence-electron chi connectivity index (χ3n) is 2.94. The molecule has 1 aromatic carbocycles. The van der Waals surface area contributed by atoms with Crippen LogP contribution in [-0.2, 0) is 19.6 Å². The summed E-state index contributed by atoms with van der Waals surface area (Å²) in [6.45, 7) is 5.46. The Labute approximate surface area is 123 Å². The van der Waals surface area contributed by atoms with Crippen molar-refractivity contribution < 1.29 is 13.7 Å². The number of para-hydroxylation sites is 1. The van der Waals surface area contributed by atoms with Gasteiger partial charge in [0.2, 0.25) is 0 Å². The number of ether oxygens (including phenoxy) is 1. The van der Waals surface area contributed by atoms with Crippen molar-refractivity contribution in [3.8, 4) is 5.75 Å². The molecule has 0 spiro atoms. The van der Waals surface area contributed by atoms with E-state index < -0.39 is 5.82 Å².